The molecule has 2 rings (SSSR count). The molecule has 0 fully saturated rings. The molecule has 2 aromatic carbocycles. The second-order valence-electron chi connectivity index (χ2n) is 6.73. The highest BCUT2D eigenvalue weighted by atomic mass is 16.7. The normalized spacial score (nSPS) is 12.2. The van der Waals surface area contributed by atoms with Crippen LogP contribution in [0.3, 0.4) is 0 Å². The molecule has 0 spiro atoms. The molecule has 1 atom stereocenters. The van der Waals surface area contributed by atoms with E-state index in [1.165, 1.54) is 25.3 Å². The van der Waals surface area contributed by atoms with Gasteiger partial charge in [-0.05, 0) is 24.1 Å². The monoisotopic (exact) mass is 382 g/mol. The van der Waals surface area contributed by atoms with Crippen molar-refractivity contribution in [2.24, 2.45) is 0 Å². The van der Waals surface area contributed by atoms with E-state index in [9.17, 15) is 9.90 Å². The average Bonchev–Trinajstić information content (AvgIpc) is 2.70. The molecule has 28 heavy (non-hydrogen) atoms. The molecule has 0 bridgehead atoms. The van der Waals surface area contributed by atoms with E-state index in [-0.39, 0.29) is 5.75 Å². The Balaban J connectivity index is 1.89. The van der Waals surface area contributed by atoms with E-state index in [2.05, 4.69) is 6.92 Å². The number of aromatic hydroxyl groups is 1. The van der Waals surface area contributed by atoms with Crippen LogP contribution in [0.5, 0.6) is 5.75 Å². The first-order valence-electron chi connectivity index (χ1n) is 10.0. The number of phenols is 1. The lowest BCUT2D eigenvalue weighted by atomic mass is 10.1. The number of esters is 1. The zero-order chi connectivity index (χ0) is 20.0. The van der Waals surface area contributed by atoms with Gasteiger partial charge >= 0.3 is 5.97 Å². The number of para-hydroxylation sites is 1. The third-order valence-corrected chi connectivity index (χ3v) is 4.38. The summed E-state index contributed by atoms with van der Waals surface area (Å²) in [6.07, 6.45) is 8.45. The number of carbonyl (C=O) groups excluding carboxylic acids is 1. The van der Waals surface area contributed by atoms with Crippen molar-refractivity contribution in [2.75, 3.05) is 6.61 Å². The van der Waals surface area contributed by atoms with Gasteiger partial charge < -0.3 is 14.6 Å². The summed E-state index contributed by atoms with van der Waals surface area (Å²) in [5.41, 5.74) is 1.62. The molecule has 0 aliphatic heterocycles. The lowest BCUT2D eigenvalue weighted by molar-refractivity contribution is -0.172. The zero-order valence-corrected chi connectivity index (χ0v) is 16.5. The Labute approximate surface area is 167 Å². The van der Waals surface area contributed by atoms with Crippen LogP contribution in [-0.4, -0.2) is 24.0 Å². The summed E-state index contributed by atoms with van der Waals surface area (Å²) in [4.78, 5) is 12.2. The Kier molecular flexibility index (Phi) is 9.87. The standard InChI is InChI=1S/C24H30O4/c1-2-3-4-5-11-18-27-24(19-20-12-7-6-8-13-20)28-23(26)17-16-21-14-9-10-15-22(21)25/h6-10,12-17,24-25H,2-5,11,18-19H2,1H3. The quantitative estimate of drug-likeness (QED) is 0.228. The van der Waals surface area contributed by atoms with Gasteiger partial charge in [0.1, 0.15) is 5.75 Å². The molecule has 0 heterocycles. The second-order valence-corrected chi connectivity index (χ2v) is 6.73. The number of ether oxygens (including phenoxy) is 2. The van der Waals surface area contributed by atoms with Crippen molar-refractivity contribution in [3.63, 3.8) is 0 Å². The van der Waals surface area contributed by atoms with Crippen molar-refractivity contribution < 1.29 is 19.4 Å². The van der Waals surface area contributed by atoms with Crippen LogP contribution in [0.2, 0.25) is 0 Å². The molecular formula is C24H30O4. The maximum atomic E-state index is 12.2. The Bertz CT molecular complexity index is 724. The number of phenolic OH excluding ortho intramolecular Hbond substituents is 1. The van der Waals surface area contributed by atoms with Crippen LogP contribution in [0.15, 0.2) is 60.7 Å². The Hall–Kier alpha value is -2.59. The first kappa shape index (κ1) is 21.7. The lowest BCUT2D eigenvalue weighted by Gasteiger charge is -2.18. The van der Waals surface area contributed by atoms with Crippen LogP contribution in [0.4, 0.5) is 0 Å². The Morgan fingerprint density at radius 3 is 2.46 bits per heavy atom. The molecule has 2 aromatic rings. The van der Waals surface area contributed by atoms with Gasteiger partial charge in [0.2, 0.25) is 6.29 Å². The summed E-state index contributed by atoms with van der Waals surface area (Å²) in [5, 5.41) is 9.78. The summed E-state index contributed by atoms with van der Waals surface area (Å²) in [7, 11) is 0. The molecule has 0 amide bonds. The fourth-order valence-corrected chi connectivity index (χ4v) is 2.82. The predicted octanol–water partition coefficient (Wildman–Crippen LogP) is 5.50. The van der Waals surface area contributed by atoms with E-state index in [4.69, 9.17) is 9.47 Å². The molecule has 0 aromatic heterocycles. The SMILES string of the molecule is CCCCCCCOC(Cc1ccccc1)OC(=O)C=Cc1ccccc1O. The number of benzene rings is 2. The van der Waals surface area contributed by atoms with Crippen LogP contribution < -0.4 is 0 Å². The minimum atomic E-state index is -0.630. The summed E-state index contributed by atoms with van der Waals surface area (Å²) >= 11 is 0. The zero-order valence-electron chi connectivity index (χ0n) is 16.5. The predicted molar refractivity (Wildman–Crippen MR) is 112 cm³/mol. The van der Waals surface area contributed by atoms with Crippen molar-refractivity contribution in [1.82, 2.24) is 0 Å². The summed E-state index contributed by atoms with van der Waals surface area (Å²) < 4.78 is 11.4. The molecule has 0 aliphatic carbocycles. The van der Waals surface area contributed by atoms with Gasteiger partial charge in [-0.15, -0.1) is 0 Å². The van der Waals surface area contributed by atoms with E-state index >= 15 is 0 Å². The molecule has 150 valence electrons. The number of unbranched alkanes of at least 4 members (excludes halogenated alkanes) is 4. The largest absolute Gasteiger partial charge is 0.507 e. The fraction of sp³-hybridized carbons (Fsp3) is 0.375. The average molecular weight is 383 g/mol. The van der Waals surface area contributed by atoms with Gasteiger partial charge in [-0.25, -0.2) is 4.79 Å². The van der Waals surface area contributed by atoms with Gasteiger partial charge in [-0.2, -0.15) is 0 Å². The highest BCUT2D eigenvalue weighted by Gasteiger charge is 2.14. The molecule has 0 aliphatic rings. The molecule has 0 saturated carbocycles. The molecular weight excluding hydrogens is 352 g/mol. The second kappa shape index (κ2) is 12.7. The van der Waals surface area contributed by atoms with Crippen LogP contribution in [0.25, 0.3) is 6.08 Å². The van der Waals surface area contributed by atoms with Crippen molar-refractivity contribution >= 4 is 12.0 Å². The van der Waals surface area contributed by atoms with Gasteiger partial charge in [0.05, 0.1) is 6.61 Å². The van der Waals surface area contributed by atoms with Gasteiger partial charge in [-0.3, -0.25) is 0 Å². The minimum absolute atomic E-state index is 0.121. The number of carbonyl (C=O) groups is 1. The molecule has 0 saturated heterocycles. The Morgan fingerprint density at radius 1 is 1.00 bits per heavy atom. The summed E-state index contributed by atoms with van der Waals surface area (Å²) in [5.74, 6) is -0.370. The van der Waals surface area contributed by atoms with Gasteiger partial charge in [0.15, 0.2) is 0 Å². The lowest BCUT2D eigenvalue weighted by Crippen LogP contribution is -2.23. The number of hydrogen-bond donors (Lipinski definition) is 1. The van der Waals surface area contributed by atoms with E-state index in [0.29, 0.717) is 18.6 Å². The number of hydrogen-bond acceptors (Lipinski definition) is 4. The maximum absolute atomic E-state index is 12.2. The first-order valence-corrected chi connectivity index (χ1v) is 10.0. The van der Waals surface area contributed by atoms with Gasteiger partial charge in [-0.1, -0.05) is 81.1 Å². The summed E-state index contributed by atoms with van der Waals surface area (Å²) in [6.45, 7) is 2.76. The number of rotatable bonds is 12. The van der Waals surface area contributed by atoms with E-state index in [1.807, 2.05) is 30.3 Å². The van der Waals surface area contributed by atoms with Crippen LogP contribution in [0.1, 0.15) is 50.2 Å². The minimum Gasteiger partial charge on any atom is -0.507 e. The molecule has 4 heteroatoms. The van der Waals surface area contributed by atoms with Crippen LogP contribution in [0, 0.1) is 0 Å². The smallest absolute Gasteiger partial charge is 0.333 e. The molecule has 1 unspecified atom stereocenters. The van der Waals surface area contributed by atoms with E-state index < -0.39 is 12.3 Å². The van der Waals surface area contributed by atoms with Crippen molar-refractivity contribution in [2.45, 2.75) is 51.7 Å². The van der Waals surface area contributed by atoms with E-state index in [1.54, 1.807) is 30.3 Å². The molecule has 1 N–H and O–H groups in total. The first-order chi connectivity index (χ1) is 13.7. The molecule has 0 radical (unpaired) electrons. The van der Waals surface area contributed by atoms with Crippen LogP contribution in [-0.2, 0) is 20.7 Å². The molecule has 4 nitrogen and oxygen atoms in total. The van der Waals surface area contributed by atoms with Crippen molar-refractivity contribution in [1.29, 1.82) is 0 Å². The van der Waals surface area contributed by atoms with Crippen LogP contribution >= 0.6 is 0 Å². The van der Waals surface area contributed by atoms with Crippen molar-refractivity contribution in [3.05, 3.63) is 71.8 Å². The topological polar surface area (TPSA) is 55.8 Å². The Morgan fingerprint density at radius 2 is 1.71 bits per heavy atom. The van der Waals surface area contributed by atoms with Gasteiger partial charge in [0, 0.05) is 18.1 Å². The van der Waals surface area contributed by atoms with Crippen molar-refractivity contribution in [3.8, 4) is 5.75 Å². The fourth-order valence-electron chi connectivity index (χ4n) is 2.82. The van der Waals surface area contributed by atoms with E-state index in [0.717, 1.165) is 18.4 Å². The maximum Gasteiger partial charge on any atom is 0.333 e. The third-order valence-electron chi connectivity index (χ3n) is 4.38. The third kappa shape index (κ3) is 8.40. The van der Waals surface area contributed by atoms with Gasteiger partial charge in [0.25, 0.3) is 0 Å². The summed E-state index contributed by atoms with van der Waals surface area (Å²) in [6, 6.07) is 16.7. The highest BCUT2D eigenvalue weighted by molar-refractivity contribution is 5.87. The highest BCUT2D eigenvalue weighted by Crippen LogP contribution is 2.17.